The number of anilines is 1. The van der Waals surface area contributed by atoms with Crippen molar-refractivity contribution < 1.29 is 22.7 Å². The van der Waals surface area contributed by atoms with Crippen molar-refractivity contribution in [2.75, 3.05) is 11.9 Å². The van der Waals surface area contributed by atoms with E-state index in [-0.39, 0.29) is 10.8 Å². The van der Waals surface area contributed by atoms with Gasteiger partial charge < -0.3 is 10.1 Å². The average molecular weight is 352 g/mol. The Labute approximate surface area is 140 Å². The summed E-state index contributed by atoms with van der Waals surface area (Å²) >= 11 is 0. The lowest BCUT2D eigenvalue weighted by atomic mass is 10.0. The Morgan fingerprint density at radius 2 is 2.12 bits per heavy atom. The lowest BCUT2D eigenvalue weighted by Crippen LogP contribution is -2.39. The molecule has 0 spiro atoms. The standard InChI is InChI=1S/C16H20N2O5S/c1-10(23-9-11-2-3-11)16(20)18-24(21,22)13-5-6-14-12(8-13)4-7-15(19)17-14/h5-6,8,10-11H,2-4,7,9H2,1H3,(H,17,19)(H,18,20)/t10-/m1/s1. The van der Waals surface area contributed by atoms with Crippen molar-refractivity contribution in [2.45, 2.75) is 43.6 Å². The second-order valence-electron chi connectivity index (χ2n) is 6.26. The van der Waals surface area contributed by atoms with E-state index in [0.29, 0.717) is 31.1 Å². The molecule has 2 N–H and O–H groups in total. The number of rotatable bonds is 6. The molecule has 0 unspecified atom stereocenters. The minimum atomic E-state index is -3.97. The molecular formula is C16H20N2O5S. The van der Waals surface area contributed by atoms with E-state index in [4.69, 9.17) is 4.74 Å². The molecule has 3 rings (SSSR count). The number of aryl methyl sites for hydroxylation is 1. The van der Waals surface area contributed by atoms with E-state index in [1.165, 1.54) is 19.1 Å². The quantitative estimate of drug-likeness (QED) is 0.801. The first-order valence-corrected chi connectivity index (χ1v) is 9.44. The highest BCUT2D eigenvalue weighted by Crippen LogP contribution is 2.29. The van der Waals surface area contributed by atoms with Crippen LogP contribution in [0.1, 0.15) is 31.7 Å². The van der Waals surface area contributed by atoms with Crippen molar-refractivity contribution in [1.82, 2.24) is 4.72 Å². The highest BCUT2D eigenvalue weighted by atomic mass is 32.2. The third-order valence-electron chi connectivity index (χ3n) is 4.17. The summed E-state index contributed by atoms with van der Waals surface area (Å²) in [5, 5.41) is 2.69. The van der Waals surface area contributed by atoms with Crippen molar-refractivity contribution >= 4 is 27.5 Å². The summed E-state index contributed by atoms with van der Waals surface area (Å²) < 4.78 is 32.2. The van der Waals surface area contributed by atoms with Crippen LogP contribution in [0.2, 0.25) is 0 Å². The van der Waals surface area contributed by atoms with Crippen LogP contribution in [0.15, 0.2) is 23.1 Å². The molecule has 1 saturated carbocycles. The summed E-state index contributed by atoms with van der Waals surface area (Å²) in [6.45, 7) is 2.02. The van der Waals surface area contributed by atoms with Gasteiger partial charge in [0.15, 0.2) is 0 Å². The summed E-state index contributed by atoms with van der Waals surface area (Å²) in [6.07, 6.45) is 2.16. The van der Waals surface area contributed by atoms with Crippen LogP contribution in [-0.2, 0) is 30.8 Å². The molecule has 2 aliphatic rings. The van der Waals surface area contributed by atoms with Crippen LogP contribution in [0.3, 0.4) is 0 Å². The lowest BCUT2D eigenvalue weighted by Gasteiger charge is -2.18. The molecular weight excluding hydrogens is 332 g/mol. The molecule has 1 aromatic carbocycles. The molecule has 0 radical (unpaired) electrons. The third kappa shape index (κ3) is 3.93. The highest BCUT2D eigenvalue weighted by molar-refractivity contribution is 7.90. The first-order chi connectivity index (χ1) is 11.3. The monoisotopic (exact) mass is 352 g/mol. The molecule has 7 nitrogen and oxygen atoms in total. The Kier molecular flexibility index (Phi) is 4.60. The third-order valence-corrected chi connectivity index (χ3v) is 5.51. The van der Waals surface area contributed by atoms with Gasteiger partial charge in [0.05, 0.1) is 11.5 Å². The van der Waals surface area contributed by atoms with Crippen molar-refractivity contribution in [3.8, 4) is 0 Å². The summed E-state index contributed by atoms with van der Waals surface area (Å²) in [4.78, 5) is 23.4. The number of carbonyl (C=O) groups is 2. The largest absolute Gasteiger partial charge is 0.368 e. The Bertz CT molecular complexity index is 771. The minimum absolute atomic E-state index is 0.000131. The zero-order chi connectivity index (χ0) is 17.3. The first kappa shape index (κ1) is 16.9. The van der Waals surface area contributed by atoms with Crippen LogP contribution in [0.5, 0.6) is 0 Å². The van der Waals surface area contributed by atoms with Crippen LogP contribution >= 0.6 is 0 Å². The van der Waals surface area contributed by atoms with Gasteiger partial charge in [0.25, 0.3) is 15.9 Å². The summed E-state index contributed by atoms with van der Waals surface area (Å²) in [5.41, 5.74) is 1.35. The van der Waals surface area contributed by atoms with Gasteiger partial charge in [0.2, 0.25) is 5.91 Å². The van der Waals surface area contributed by atoms with Crippen molar-refractivity contribution in [3.05, 3.63) is 23.8 Å². The fourth-order valence-corrected chi connectivity index (χ4v) is 3.54. The van der Waals surface area contributed by atoms with E-state index in [9.17, 15) is 18.0 Å². The van der Waals surface area contributed by atoms with E-state index in [2.05, 4.69) is 10.0 Å². The SMILES string of the molecule is C[C@@H](OCC1CC1)C(=O)NS(=O)(=O)c1ccc2c(c1)CCC(=O)N2. The van der Waals surface area contributed by atoms with Gasteiger partial charge in [-0.25, -0.2) is 13.1 Å². The summed E-state index contributed by atoms with van der Waals surface area (Å²) in [7, 11) is -3.97. The molecule has 1 aromatic rings. The second-order valence-corrected chi connectivity index (χ2v) is 7.94. The predicted molar refractivity (Wildman–Crippen MR) is 86.9 cm³/mol. The van der Waals surface area contributed by atoms with E-state index in [1.54, 1.807) is 6.07 Å². The van der Waals surface area contributed by atoms with Gasteiger partial charge in [-0.3, -0.25) is 9.59 Å². The van der Waals surface area contributed by atoms with Crippen LogP contribution in [0.25, 0.3) is 0 Å². The summed E-state index contributed by atoms with van der Waals surface area (Å²) in [6, 6.07) is 4.40. The molecule has 0 bridgehead atoms. The van der Waals surface area contributed by atoms with Gasteiger partial charge >= 0.3 is 0 Å². The van der Waals surface area contributed by atoms with Gasteiger partial charge in [-0.1, -0.05) is 0 Å². The lowest BCUT2D eigenvalue weighted by molar-refractivity contribution is -0.130. The van der Waals surface area contributed by atoms with Gasteiger partial charge in [-0.15, -0.1) is 0 Å². The maximum absolute atomic E-state index is 12.4. The van der Waals surface area contributed by atoms with Crippen LogP contribution in [-0.4, -0.2) is 32.9 Å². The zero-order valence-electron chi connectivity index (χ0n) is 13.4. The van der Waals surface area contributed by atoms with Crippen LogP contribution in [0, 0.1) is 5.92 Å². The van der Waals surface area contributed by atoms with E-state index in [1.807, 2.05) is 0 Å². The van der Waals surface area contributed by atoms with Gasteiger partial charge in [-0.2, -0.15) is 0 Å². The number of hydrogen-bond donors (Lipinski definition) is 2. The Morgan fingerprint density at radius 3 is 2.83 bits per heavy atom. The number of carbonyl (C=O) groups excluding carboxylic acids is 2. The van der Waals surface area contributed by atoms with Crippen molar-refractivity contribution in [3.63, 3.8) is 0 Å². The molecule has 1 aliphatic heterocycles. The smallest absolute Gasteiger partial charge is 0.264 e. The summed E-state index contributed by atoms with van der Waals surface area (Å²) in [5.74, 6) is -0.276. The Morgan fingerprint density at radius 1 is 1.38 bits per heavy atom. The minimum Gasteiger partial charge on any atom is -0.368 e. The number of hydrogen-bond acceptors (Lipinski definition) is 5. The molecule has 0 saturated heterocycles. The van der Waals surface area contributed by atoms with E-state index in [0.717, 1.165) is 18.4 Å². The number of nitrogens with one attached hydrogen (secondary N) is 2. The number of benzene rings is 1. The first-order valence-electron chi connectivity index (χ1n) is 7.96. The zero-order valence-corrected chi connectivity index (χ0v) is 14.2. The normalized spacial score (nSPS) is 18.5. The number of sulfonamides is 1. The van der Waals surface area contributed by atoms with Gasteiger partial charge in [-0.05, 0) is 55.9 Å². The Hall–Kier alpha value is -1.93. The van der Waals surface area contributed by atoms with E-state index >= 15 is 0 Å². The van der Waals surface area contributed by atoms with Crippen LogP contribution < -0.4 is 10.0 Å². The second kappa shape index (κ2) is 6.52. The maximum Gasteiger partial charge on any atom is 0.264 e. The number of ether oxygens (including phenoxy) is 1. The van der Waals surface area contributed by atoms with Crippen LogP contribution in [0.4, 0.5) is 5.69 Å². The number of fused-ring (bicyclic) bond motifs is 1. The van der Waals surface area contributed by atoms with Gasteiger partial charge in [0, 0.05) is 12.1 Å². The topological polar surface area (TPSA) is 102 Å². The Balaban J connectivity index is 1.68. The molecule has 8 heteroatoms. The number of amides is 2. The molecule has 1 fully saturated rings. The highest BCUT2D eigenvalue weighted by Gasteiger charge is 2.27. The molecule has 1 aliphatic carbocycles. The van der Waals surface area contributed by atoms with Crippen molar-refractivity contribution in [2.24, 2.45) is 5.92 Å². The van der Waals surface area contributed by atoms with E-state index < -0.39 is 22.0 Å². The van der Waals surface area contributed by atoms with Crippen molar-refractivity contribution in [1.29, 1.82) is 0 Å². The van der Waals surface area contributed by atoms with Gasteiger partial charge in [0.1, 0.15) is 6.10 Å². The fourth-order valence-electron chi connectivity index (χ4n) is 2.44. The molecule has 1 heterocycles. The molecule has 1 atom stereocenters. The fraction of sp³-hybridized carbons (Fsp3) is 0.500. The molecule has 24 heavy (non-hydrogen) atoms. The average Bonchev–Trinajstić information content (AvgIpc) is 3.35. The maximum atomic E-state index is 12.4. The molecule has 130 valence electrons. The molecule has 0 aromatic heterocycles. The predicted octanol–water partition coefficient (Wildman–Crippen LogP) is 1.19. The molecule has 2 amide bonds.